The molecule has 0 spiro atoms. The highest BCUT2D eigenvalue weighted by Gasteiger charge is 2.31. The van der Waals surface area contributed by atoms with Crippen molar-refractivity contribution in [2.75, 3.05) is 38.2 Å². The molecule has 2 aromatic carbocycles. The summed E-state index contributed by atoms with van der Waals surface area (Å²) in [6.07, 6.45) is 2.33. The minimum Gasteiger partial charge on any atom is -0.495 e. The largest absolute Gasteiger partial charge is 0.495 e. The SMILES string of the molecule is COc1ccccc1N1CCN(C(=O)c2cc(C3CC3)nn2-c2ccccc2)CC1. The molecule has 0 bridgehead atoms. The van der Waals surface area contributed by atoms with Crippen molar-refractivity contribution in [3.05, 3.63) is 72.1 Å². The fraction of sp³-hybridized carbons (Fsp3) is 0.333. The molecule has 30 heavy (non-hydrogen) atoms. The number of carbonyl (C=O) groups excluding carboxylic acids is 1. The van der Waals surface area contributed by atoms with E-state index in [1.54, 1.807) is 7.11 Å². The van der Waals surface area contributed by atoms with Gasteiger partial charge in [0.2, 0.25) is 0 Å². The van der Waals surface area contributed by atoms with Crippen LogP contribution in [0.25, 0.3) is 5.69 Å². The molecule has 0 atom stereocenters. The molecule has 1 aromatic heterocycles. The third kappa shape index (κ3) is 3.54. The van der Waals surface area contributed by atoms with E-state index in [9.17, 15) is 4.79 Å². The van der Waals surface area contributed by atoms with E-state index in [2.05, 4.69) is 11.0 Å². The molecule has 1 saturated heterocycles. The number of methoxy groups -OCH3 is 1. The van der Waals surface area contributed by atoms with E-state index in [4.69, 9.17) is 9.84 Å². The Kier molecular flexibility index (Phi) is 4.91. The van der Waals surface area contributed by atoms with Gasteiger partial charge in [0.25, 0.3) is 5.91 Å². The quantitative estimate of drug-likeness (QED) is 0.653. The number of hydrogen-bond donors (Lipinski definition) is 0. The molecule has 154 valence electrons. The van der Waals surface area contributed by atoms with Crippen molar-refractivity contribution < 1.29 is 9.53 Å². The summed E-state index contributed by atoms with van der Waals surface area (Å²) in [6, 6.07) is 20.0. The fourth-order valence-electron chi connectivity index (χ4n) is 4.10. The molecule has 2 aliphatic rings. The standard InChI is InChI=1S/C24H26N4O2/c1-30-23-10-6-5-9-21(23)26-13-15-27(16-14-26)24(29)22-17-20(18-11-12-18)25-28(22)19-7-3-2-4-8-19/h2-10,17-18H,11-16H2,1H3. The Hall–Kier alpha value is -3.28. The van der Waals surface area contributed by atoms with E-state index in [0.29, 0.717) is 24.7 Å². The first-order chi connectivity index (χ1) is 14.7. The minimum atomic E-state index is 0.0536. The maximum absolute atomic E-state index is 13.4. The van der Waals surface area contributed by atoms with Crippen LogP contribution in [0.2, 0.25) is 0 Å². The van der Waals surface area contributed by atoms with Crippen molar-refractivity contribution >= 4 is 11.6 Å². The Labute approximate surface area is 176 Å². The lowest BCUT2D eigenvalue weighted by Crippen LogP contribution is -2.49. The molecule has 2 fully saturated rings. The topological polar surface area (TPSA) is 50.6 Å². The van der Waals surface area contributed by atoms with E-state index < -0.39 is 0 Å². The van der Waals surface area contributed by atoms with E-state index in [1.807, 2.05) is 64.2 Å². The average molecular weight is 402 g/mol. The first-order valence-electron chi connectivity index (χ1n) is 10.6. The molecular formula is C24H26N4O2. The van der Waals surface area contributed by atoms with Crippen molar-refractivity contribution in [2.24, 2.45) is 0 Å². The zero-order valence-corrected chi connectivity index (χ0v) is 17.2. The van der Waals surface area contributed by atoms with Crippen LogP contribution >= 0.6 is 0 Å². The number of para-hydroxylation sites is 3. The van der Waals surface area contributed by atoms with Crippen LogP contribution in [0.15, 0.2) is 60.7 Å². The number of aromatic nitrogens is 2. The van der Waals surface area contributed by atoms with Crippen molar-refractivity contribution in [1.82, 2.24) is 14.7 Å². The van der Waals surface area contributed by atoms with Crippen molar-refractivity contribution in [3.63, 3.8) is 0 Å². The second-order valence-electron chi connectivity index (χ2n) is 7.93. The van der Waals surface area contributed by atoms with E-state index >= 15 is 0 Å². The first-order valence-corrected chi connectivity index (χ1v) is 10.6. The lowest BCUT2D eigenvalue weighted by atomic mass is 10.2. The van der Waals surface area contributed by atoms with Gasteiger partial charge in [0.15, 0.2) is 0 Å². The monoisotopic (exact) mass is 402 g/mol. The van der Waals surface area contributed by atoms with Gasteiger partial charge in [0.05, 0.1) is 24.2 Å². The molecule has 1 aliphatic carbocycles. The van der Waals surface area contributed by atoms with Crippen LogP contribution in [0.3, 0.4) is 0 Å². The highest BCUT2D eigenvalue weighted by molar-refractivity contribution is 5.93. The number of rotatable bonds is 5. The highest BCUT2D eigenvalue weighted by Crippen LogP contribution is 2.40. The molecule has 0 N–H and O–H groups in total. The summed E-state index contributed by atoms with van der Waals surface area (Å²) in [4.78, 5) is 17.7. The molecule has 2 heterocycles. The van der Waals surface area contributed by atoms with Gasteiger partial charge in [-0.2, -0.15) is 5.10 Å². The average Bonchev–Trinajstić information content (AvgIpc) is 3.57. The normalized spacial score (nSPS) is 16.6. The number of hydrogen-bond acceptors (Lipinski definition) is 4. The van der Waals surface area contributed by atoms with Crippen LogP contribution in [0.1, 0.15) is 34.9 Å². The van der Waals surface area contributed by atoms with Gasteiger partial charge in [0.1, 0.15) is 11.4 Å². The summed E-state index contributed by atoms with van der Waals surface area (Å²) in [5.41, 5.74) is 3.71. The number of carbonyl (C=O) groups is 1. The van der Waals surface area contributed by atoms with Gasteiger partial charge in [-0.3, -0.25) is 4.79 Å². The second-order valence-corrected chi connectivity index (χ2v) is 7.93. The minimum absolute atomic E-state index is 0.0536. The Morgan fingerprint density at radius 2 is 1.67 bits per heavy atom. The van der Waals surface area contributed by atoms with Crippen LogP contribution in [-0.4, -0.2) is 53.9 Å². The molecule has 1 amide bonds. The molecule has 1 aliphatic heterocycles. The third-order valence-corrected chi connectivity index (χ3v) is 5.94. The van der Waals surface area contributed by atoms with Crippen LogP contribution < -0.4 is 9.64 Å². The summed E-state index contributed by atoms with van der Waals surface area (Å²) < 4.78 is 7.33. The van der Waals surface area contributed by atoms with Gasteiger partial charge in [-0.25, -0.2) is 4.68 Å². The smallest absolute Gasteiger partial charge is 0.272 e. The molecule has 3 aromatic rings. The molecule has 0 radical (unpaired) electrons. The molecular weight excluding hydrogens is 376 g/mol. The van der Waals surface area contributed by atoms with Crippen LogP contribution in [0, 0.1) is 0 Å². The molecule has 1 saturated carbocycles. The fourth-order valence-corrected chi connectivity index (χ4v) is 4.10. The van der Waals surface area contributed by atoms with Crippen LogP contribution in [-0.2, 0) is 0 Å². The Morgan fingerprint density at radius 1 is 0.967 bits per heavy atom. The van der Waals surface area contributed by atoms with Crippen LogP contribution in [0.4, 0.5) is 5.69 Å². The summed E-state index contributed by atoms with van der Waals surface area (Å²) in [5, 5.41) is 4.79. The lowest BCUT2D eigenvalue weighted by molar-refractivity contribution is 0.0737. The third-order valence-electron chi connectivity index (χ3n) is 5.94. The Balaban J connectivity index is 1.36. The first kappa shape index (κ1) is 18.7. The maximum Gasteiger partial charge on any atom is 0.272 e. The molecule has 5 rings (SSSR count). The van der Waals surface area contributed by atoms with Gasteiger partial charge in [-0.15, -0.1) is 0 Å². The summed E-state index contributed by atoms with van der Waals surface area (Å²) in [6.45, 7) is 2.91. The predicted molar refractivity (Wildman–Crippen MR) is 117 cm³/mol. The molecule has 6 nitrogen and oxygen atoms in total. The number of amides is 1. The maximum atomic E-state index is 13.4. The predicted octanol–water partition coefficient (Wildman–Crippen LogP) is 3.72. The Morgan fingerprint density at radius 3 is 2.37 bits per heavy atom. The zero-order chi connectivity index (χ0) is 20.5. The number of nitrogens with zero attached hydrogens (tertiary/aromatic N) is 4. The van der Waals surface area contributed by atoms with Gasteiger partial charge < -0.3 is 14.5 Å². The summed E-state index contributed by atoms with van der Waals surface area (Å²) in [5.74, 6) is 1.43. The molecule has 6 heteroatoms. The van der Waals surface area contributed by atoms with E-state index in [0.717, 1.165) is 48.7 Å². The molecule has 0 unspecified atom stereocenters. The van der Waals surface area contributed by atoms with Gasteiger partial charge in [-0.1, -0.05) is 30.3 Å². The summed E-state index contributed by atoms with van der Waals surface area (Å²) >= 11 is 0. The van der Waals surface area contributed by atoms with E-state index in [1.165, 1.54) is 0 Å². The summed E-state index contributed by atoms with van der Waals surface area (Å²) in [7, 11) is 1.70. The lowest BCUT2D eigenvalue weighted by Gasteiger charge is -2.36. The number of ether oxygens (including phenoxy) is 1. The highest BCUT2D eigenvalue weighted by atomic mass is 16.5. The number of piperazine rings is 1. The zero-order valence-electron chi connectivity index (χ0n) is 17.2. The van der Waals surface area contributed by atoms with Crippen molar-refractivity contribution in [1.29, 1.82) is 0 Å². The number of benzene rings is 2. The van der Waals surface area contributed by atoms with Crippen LogP contribution in [0.5, 0.6) is 5.75 Å². The van der Waals surface area contributed by atoms with Gasteiger partial charge in [0, 0.05) is 32.1 Å². The van der Waals surface area contributed by atoms with Crippen molar-refractivity contribution in [3.8, 4) is 11.4 Å². The number of anilines is 1. The Bertz CT molecular complexity index is 1030. The van der Waals surface area contributed by atoms with Crippen molar-refractivity contribution in [2.45, 2.75) is 18.8 Å². The van der Waals surface area contributed by atoms with E-state index in [-0.39, 0.29) is 5.91 Å². The van der Waals surface area contributed by atoms with Gasteiger partial charge in [-0.05, 0) is 43.2 Å². The second kappa shape index (κ2) is 7.86. The van der Waals surface area contributed by atoms with Gasteiger partial charge >= 0.3 is 0 Å².